The van der Waals surface area contributed by atoms with E-state index in [0.717, 1.165) is 5.56 Å². The zero-order valence-electron chi connectivity index (χ0n) is 6.23. The standard InChI is InChI=1S/C9H7Cl3/c1-7(9(10,11)12)8-5-3-2-4-6-8/h2-6H,1H2. The van der Waals surface area contributed by atoms with Crippen molar-refractivity contribution >= 4 is 40.4 Å². The Morgan fingerprint density at radius 1 is 1.08 bits per heavy atom. The van der Waals surface area contributed by atoms with Gasteiger partial charge in [0.1, 0.15) is 0 Å². The van der Waals surface area contributed by atoms with Crippen LogP contribution in [0.4, 0.5) is 0 Å². The van der Waals surface area contributed by atoms with Gasteiger partial charge in [0.25, 0.3) is 0 Å². The molecular formula is C9H7Cl3. The van der Waals surface area contributed by atoms with Crippen LogP contribution in [0.1, 0.15) is 5.56 Å². The van der Waals surface area contributed by atoms with Crippen LogP contribution in [0.25, 0.3) is 5.57 Å². The minimum absolute atomic E-state index is 0.494. The second-order valence-electron chi connectivity index (χ2n) is 2.34. The van der Waals surface area contributed by atoms with E-state index in [-0.39, 0.29) is 0 Å². The topological polar surface area (TPSA) is 0 Å². The summed E-state index contributed by atoms with van der Waals surface area (Å²) < 4.78 is -1.42. The van der Waals surface area contributed by atoms with Crippen molar-refractivity contribution in [2.24, 2.45) is 0 Å². The van der Waals surface area contributed by atoms with Gasteiger partial charge in [-0.1, -0.05) is 71.7 Å². The van der Waals surface area contributed by atoms with Gasteiger partial charge in [-0.2, -0.15) is 0 Å². The van der Waals surface area contributed by atoms with E-state index < -0.39 is 3.79 Å². The second kappa shape index (κ2) is 3.69. The SMILES string of the molecule is C=C(c1ccccc1)C(Cl)(Cl)Cl. The molecule has 12 heavy (non-hydrogen) atoms. The molecule has 0 aliphatic heterocycles. The Labute approximate surface area is 86.7 Å². The van der Waals surface area contributed by atoms with Gasteiger partial charge in [0, 0.05) is 5.57 Å². The first-order chi connectivity index (χ1) is 5.52. The minimum Gasteiger partial charge on any atom is -0.0909 e. The van der Waals surface area contributed by atoms with Gasteiger partial charge < -0.3 is 0 Å². The van der Waals surface area contributed by atoms with Crippen LogP contribution in [-0.2, 0) is 0 Å². The summed E-state index contributed by atoms with van der Waals surface area (Å²) in [6.07, 6.45) is 0. The molecule has 0 spiro atoms. The van der Waals surface area contributed by atoms with Gasteiger partial charge in [-0.3, -0.25) is 0 Å². The quantitative estimate of drug-likeness (QED) is 0.627. The predicted octanol–water partition coefficient (Wildman–Crippen LogP) is 4.07. The smallest absolute Gasteiger partial charge is 0.0909 e. The van der Waals surface area contributed by atoms with E-state index >= 15 is 0 Å². The van der Waals surface area contributed by atoms with Crippen LogP contribution in [0.2, 0.25) is 0 Å². The van der Waals surface area contributed by atoms with Gasteiger partial charge in [0.05, 0.1) is 0 Å². The maximum absolute atomic E-state index is 5.65. The van der Waals surface area contributed by atoms with Crippen molar-refractivity contribution in [1.82, 2.24) is 0 Å². The van der Waals surface area contributed by atoms with E-state index in [1.54, 1.807) is 0 Å². The molecule has 0 bridgehead atoms. The number of rotatable bonds is 1. The average molecular weight is 222 g/mol. The molecule has 64 valence electrons. The molecule has 0 N–H and O–H groups in total. The van der Waals surface area contributed by atoms with Crippen molar-refractivity contribution < 1.29 is 0 Å². The zero-order chi connectivity index (χ0) is 9.19. The van der Waals surface area contributed by atoms with E-state index in [9.17, 15) is 0 Å². The Kier molecular flexibility index (Phi) is 3.05. The number of alkyl halides is 3. The lowest BCUT2D eigenvalue weighted by Gasteiger charge is -2.13. The number of allylic oxidation sites excluding steroid dienone is 1. The van der Waals surface area contributed by atoms with Gasteiger partial charge in [-0.25, -0.2) is 0 Å². The molecule has 0 aliphatic carbocycles. The molecule has 1 aromatic rings. The van der Waals surface area contributed by atoms with Crippen LogP contribution in [0.3, 0.4) is 0 Å². The highest BCUT2D eigenvalue weighted by molar-refractivity contribution is 6.72. The van der Waals surface area contributed by atoms with Crippen molar-refractivity contribution in [1.29, 1.82) is 0 Å². The van der Waals surface area contributed by atoms with Crippen molar-refractivity contribution in [3.05, 3.63) is 42.5 Å². The second-order valence-corrected chi connectivity index (χ2v) is 4.62. The maximum Gasteiger partial charge on any atom is 0.216 e. The molecule has 0 saturated heterocycles. The highest BCUT2D eigenvalue weighted by atomic mass is 35.6. The Hall–Kier alpha value is -0.170. The first-order valence-corrected chi connectivity index (χ1v) is 4.47. The van der Waals surface area contributed by atoms with Crippen molar-refractivity contribution in [3.8, 4) is 0 Å². The summed E-state index contributed by atoms with van der Waals surface area (Å²) >= 11 is 16.9. The summed E-state index contributed by atoms with van der Waals surface area (Å²) in [5, 5.41) is 0. The summed E-state index contributed by atoms with van der Waals surface area (Å²) in [5.74, 6) is 0. The maximum atomic E-state index is 5.65. The summed E-state index contributed by atoms with van der Waals surface area (Å²) in [6.45, 7) is 3.70. The Bertz CT molecular complexity index is 272. The van der Waals surface area contributed by atoms with Crippen molar-refractivity contribution in [2.75, 3.05) is 0 Å². The molecule has 0 aromatic heterocycles. The fraction of sp³-hybridized carbons (Fsp3) is 0.111. The van der Waals surface area contributed by atoms with Crippen LogP contribution in [-0.4, -0.2) is 3.79 Å². The summed E-state index contributed by atoms with van der Waals surface area (Å²) in [4.78, 5) is 0. The van der Waals surface area contributed by atoms with E-state index in [1.807, 2.05) is 30.3 Å². The summed E-state index contributed by atoms with van der Waals surface area (Å²) in [5.41, 5.74) is 1.34. The minimum atomic E-state index is -1.42. The molecule has 0 atom stereocenters. The van der Waals surface area contributed by atoms with Crippen LogP contribution in [0, 0.1) is 0 Å². The van der Waals surface area contributed by atoms with Gasteiger partial charge in [-0.15, -0.1) is 0 Å². The Balaban J connectivity index is 2.94. The third-order valence-electron chi connectivity index (χ3n) is 1.46. The van der Waals surface area contributed by atoms with E-state index in [2.05, 4.69) is 6.58 Å². The van der Waals surface area contributed by atoms with E-state index in [1.165, 1.54) is 0 Å². The van der Waals surface area contributed by atoms with Gasteiger partial charge in [-0.05, 0) is 5.56 Å². The van der Waals surface area contributed by atoms with Crippen molar-refractivity contribution in [3.63, 3.8) is 0 Å². The Morgan fingerprint density at radius 2 is 1.58 bits per heavy atom. The highest BCUT2D eigenvalue weighted by Gasteiger charge is 2.24. The average Bonchev–Trinajstić information content (AvgIpc) is 2.03. The fourth-order valence-corrected chi connectivity index (χ4v) is 1.13. The molecule has 3 heteroatoms. The molecule has 0 aliphatic rings. The first-order valence-electron chi connectivity index (χ1n) is 3.33. The van der Waals surface area contributed by atoms with Crippen LogP contribution in [0.15, 0.2) is 36.9 Å². The number of hydrogen-bond donors (Lipinski definition) is 0. The number of benzene rings is 1. The molecule has 1 rings (SSSR count). The van der Waals surface area contributed by atoms with Gasteiger partial charge >= 0.3 is 0 Å². The molecule has 0 nitrogen and oxygen atoms in total. The highest BCUT2D eigenvalue weighted by Crippen LogP contribution is 2.39. The normalized spacial score (nSPS) is 11.2. The lowest BCUT2D eigenvalue weighted by Crippen LogP contribution is -2.04. The van der Waals surface area contributed by atoms with Crippen LogP contribution in [0.5, 0.6) is 0 Å². The predicted molar refractivity (Wildman–Crippen MR) is 55.8 cm³/mol. The lowest BCUT2D eigenvalue weighted by molar-refractivity contribution is 1.45. The van der Waals surface area contributed by atoms with Crippen molar-refractivity contribution in [2.45, 2.75) is 3.79 Å². The molecule has 0 saturated carbocycles. The Morgan fingerprint density at radius 3 is 2.00 bits per heavy atom. The van der Waals surface area contributed by atoms with Crippen LogP contribution >= 0.6 is 34.8 Å². The molecule has 1 aromatic carbocycles. The third-order valence-corrected chi connectivity index (χ3v) is 2.15. The first kappa shape index (κ1) is 9.91. The molecule has 0 amide bonds. The largest absolute Gasteiger partial charge is 0.216 e. The fourth-order valence-electron chi connectivity index (χ4n) is 0.803. The van der Waals surface area contributed by atoms with E-state index in [4.69, 9.17) is 34.8 Å². The molecule has 0 unspecified atom stereocenters. The third kappa shape index (κ3) is 2.41. The number of halogens is 3. The summed E-state index contributed by atoms with van der Waals surface area (Å²) in [7, 11) is 0. The molecule has 0 fully saturated rings. The molecule has 0 heterocycles. The zero-order valence-corrected chi connectivity index (χ0v) is 8.50. The van der Waals surface area contributed by atoms with Gasteiger partial charge in [0.2, 0.25) is 3.79 Å². The lowest BCUT2D eigenvalue weighted by atomic mass is 10.1. The molecular weight excluding hydrogens is 214 g/mol. The monoisotopic (exact) mass is 220 g/mol. The summed E-state index contributed by atoms with van der Waals surface area (Å²) in [6, 6.07) is 9.34. The van der Waals surface area contributed by atoms with Crippen LogP contribution < -0.4 is 0 Å². The molecule has 0 radical (unpaired) electrons. The van der Waals surface area contributed by atoms with E-state index in [0.29, 0.717) is 5.57 Å². The number of hydrogen-bond acceptors (Lipinski definition) is 0. The van der Waals surface area contributed by atoms with Gasteiger partial charge in [0.15, 0.2) is 0 Å².